The van der Waals surface area contributed by atoms with Crippen LogP contribution in [0.25, 0.3) is 0 Å². The van der Waals surface area contributed by atoms with Gasteiger partial charge in [0, 0.05) is 0 Å². The lowest BCUT2D eigenvalue weighted by molar-refractivity contribution is -0.151. The lowest BCUT2D eigenvalue weighted by Crippen LogP contribution is -2.20. The van der Waals surface area contributed by atoms with Crippen molar-refractivity contribution in [2.75, 3.05) is 6.61 Å². The van der Waals surface area contributed by atoms with Gasteiger partial charge in [0.05, 0.1) is 18.4 Å². The number of esters is 1. The Morgan fingerprint density at radius 2 is 1.95 bits per heavy atom. The Morgan fingerprint density at radius 3 is 2.50 bits per heavy atom. The summed E-state index contributed by atoms with van der Waals surface area (Å²) in [5.41, 5.74) is 0. The first-order valence-electron chi connectivity index (χ1n) is 7.20. The van der Waals surface area contributed by atoms with Crippen molar-refractivity contribution in [3.63, 3.8) is 0 Å². The number of carboxylic acids is 1. The van der Waals surface area contributed by atoms with Gasteiger partial charge in [0.1, 0.15) is 6.61 Å². The molecule has 0 rings (SSSR count). The van der Waals surface area contributed by atoms with Crippen molar-refractivity contribution in [3.8, 4) is 0 Å². The van der Waals surface area contributed by atoms with E-state index < -0.39 is 24.0 Å². The summed E-state index contributed by atoms with van der Waals surface area (Å²) in [5.74, 6) is -2.50. The largest absolute Gasteiger partial charge is 0.481 e. The molecule has 2 atom stereocenters. The zero-order valence-electron chi connectivity index (χ0n) is 12.4. The van der Waals surface area contributed by atoms with E-state index in [4.69, 9.17) is 14.9 Å². The number of allylic oxidation sites excluding steroid dienone is 1. The van der Waals surface area contributed by atoms with Gasteiger partial charge in [-0.2, -0.15) is 0 Å². The highest BCUT2D eigenvalue weighted by molar-refractivity contribution is 5.80. The summed E-state index contributed by atoms with van der Waals surface area (Å²) in [6.07, 6.45) is 7.77. The van der Waals surface area contributed by atoms with Crippen LogP contribution < -0.4 is 0 Å². The molecule has 0 amide bonds. The van der Waals surface area contributed by atoms with Gasteiger partial charge in [-0.05, 0) is 19.8 Å². The number of aliphatic hydroxyl groups is 1. The van der Waals surface area contributed by atoms with Crippen LogP contribution in [0.2, 0.25) is 0 Å². The normalized spacial score (nSPS) is 14.2. The number of aliphatic hydroxyl groups excluding tert-OH is 1. The number of hydrogen-bond donors (Lipinski definition) is 2. The van der Waals surface area contributed by atoms with Crippen molar-refractivity contribution in [3.05, 3.63) is 12.2 Å². The van der Waals surface area contributed by atoms with Crippen molar-refractivity contribution in [2.24, 2.45) is 5.92 Å². The minimum Gasteiger partial charge on any atom is -0.481 e. The molecule has 0 aromatic carbocycles. The zero-order valence-corrected chi connectivity index (χ0v) is 12.4. The van der Waals surface area contributed by atoms with Gasteiger partial charge in [-0.1, -0.05) is 38.3 Å². The maximum atomic E-state index is 11.4. The fourth-order valence-corrected chi connectivity index (χ4v) is 1.64. The van der Waals surface area contributed by atoms with Gasteiger partial charge in [-0.15, -0.1) is 0 Å². The van der Waals surface area contributed by atoms with E-state index >= 15 is 0 Å². The van der Waals surface area contributed by atoms with E-state index in [9.17, 15) is 9.59 Å². The summed E-state index contributed by atoms with van der Waals surface area (Å²) < 4.78 is 4.76. The van der Waals surface area contributed by atoms with Crippen LogP contribution in [-0.2, 0) is 14.3 Å². The minimum absolute atomic E-state index is 0.105. The summed E-state index contributed by atoms with van der Waals surface area (Å²) in [6, 6.07) is 0. The first-order valence-corrected chi connectivity index (χ1v) is 7.20. The lowest BCUT2D eigenvalue weighted by atomic mass is 10.0. The summed E-state index contributed by atoms with van der Waals surface area (Å²) >= 11 is 0. The number of hydrogen-bond acceptors (Lipinski definition) is 4. The van der Waals surface area contributed by atoms with Crippen LogP contribution in [0.15, 0.2) is 12.2 Å². The molecule has 5 heteroatoms. The molecule has 0 aliphatic heterocycles. The fraction of sp³-hybridized carbons (Fsp3) is 0.733. The van der Waals surface area contributed by atoms with Gasteiger partial charge < -0.3 is 14.9 Å². The average molecular weight is 286 g/mol. The van der Waals surface area contributed by atoms with Crippen molar-refractivity contribution in [1.82, 2.24) is 0 Å². The van der Waals surface area contributed by atoms with Gasteiger partial charge in [0.15, 0.2) is 0 Å². The zero-order chi connectivity index (χ0) is 15.4. The Labute approximate surface area is 120 Å². The smallest absolute Gasteiger partial charge is 0.310 e. The molecular formula is C15H26O5. The molecule has 0 aliphatic carbocycles. The molecule has 0 spiro atoms. The first kappa shape index (κ1) is 18.6. The third kappa shape index (κ3) is 10.6. The van der Waals surface area contributed by atoms with Crippen LogP contribution >= 0.6 is 0 Å². The molecule has 5 nitrogen and oxygen atoms in total. The van der Waals surface area contributed by atoms with Crippen molar-refractivity contribution >= 4 is 11.9 Å². The summed E-state index contributed by atoms with van der Waals surface area (Å²) in [7, 11) is 0. The third-order valence-electron chi connectivity index (χ3n) is 2.78. The highest BCUT2D eigenvalue weighted by Crippen LogP contribution is 2.10. The summed E-state index contributed by atoms with van der Waals surface area (Å²) in [6.45, 7) is 3.53. The van der Waals surface area contributed by atoms with E-state index in [1.165, 1.54) is 13.3 Å². The second kappa shape index (κ2) is 11.5. The molecule has 0 fully saturated rings. The van der Waals surface area contributed by atoms with E-state index in [1.807, 2.05) is 6.08 Å². The molecule has 2 N–H and O–H groups in total. The summed E-state index contributed by atoms with van der Waals surface area (Å²) in [4.78, 5) is 22.4. The molecule has 0 heterocycles. The average Bonchev–Trinajstić information content (AvgIpc) is 2.38. The number of carbonyl (C=O) groups is 2. The molecule has 0 bridgehead atoms. The monoisotopic (exact) mass is 286 g/mol. The van der Waals surface area contributed by atoms with E-state index in [2.05, 4.69) is 6.92 Å². The number of unbranched alkanes of at least 4 members (excludes halogenated alkanes) is 4. The molecule has 0 aliphatic rings. The number of aliphatic carboxylic acids is 1. The highest BCUT2D eigenvalue weighted by atomic mass is 16.5. The van der Waals surface area contributed by atoms with E-state index in [-0.39, 0.29) is 13.0 Å². The number of rotatable bonds is 11. The third-order valence-corrected chi connectivity index (χ3v) is 2.78. The van der Waals surface area contributed by atoms with Crippen LogP contribution in [0.5, 0.6) is 0 Å². The Hall–Kier alpha value is -1.36. The molecule has 2 unspecified atom stereocenters. The standard InChI is InChI=1S/C15H26O5/c1-3-4-5-6-7-8-9-13(15(18)19)10-14(17)20-11-12(2)16/h8-9,12-13,16H,3-7,10-11H2,1-2H3,(H,18,19)/b9-8+. The van der Waals surface area contributed by atoms with E-state index in [0.29, 0.717) is 0 Å². The van der Waals surface area contributed by atoms with E-state index in [0.717, 1.165) is 25.7 Å². The van der Waals surface area contributed by atoms with Crippen molar-refractivity contribution in [1.29, 1.82) is 0 Å². The Kier molecular flexibility index (Phi) is 10.7. The Bertz CT molecular complexity index is 309. The van der Waals surface area contributed by atoms with Gasteiger partial charge in [-0.3, -0.25) is 9.59 Å². The van der Waals surface area contributed by atoms with Crippen LogP contribution in [0, 0.1) is 5.92 Å². The molecule has 0 saturated heterocycles. The Morgan fingerprint density at radius 1 is 1.25 bits per heavy atom. The highest BCUT2D eigenvalue weighted by Gasteiger charge is 2.19. The summed E-state index contributed by atoms with van der Waals surface area (Å²) in [5, 5.41) is 18.0. The molecule has 0 aromatic heterocycles. The second-order valence-electron chi connectivity index (χ2n) is 4.96. The molecule has 0 saturated carbocycles. The van der Waals surface area contributed by atoms with E-state index in [1.54, 1.807) is 6.08 Å². The molecular weight excluding hydrogens is 260 g/mol. The van der Waals surface area contributed by atoms with Gasteiger partial charge >= 0.3 is 11.9 Å². The SMILES string of the molecule is CCCCCC/C=C/C(CC(=O)OCC(C)O)C(=O)O. The maximum absolute atomic E-state index is 11.4. The van der Waals surface area contributed by atoms with Crippen molar-refractivity contribution < 1.29 is 24.5 Å². The molecule has 116 valence electrons. The van der Waals surface area contributed by atoms with Crippen molar-refractivity contribution in [2.45, 2.75) is 58.5 Å². The minimum atomic E-state index is -1.04. The Balaban J connectivity index is 4.06. The molecule has 20 heavy (non-hydrogen) atoms. The van der Waals surface area contributed by atoms with Gasteiger partial charge in [-0.25, -0.2) is 0 Å². The van der Waals surface area contributed by atoms with Gasteiger partial charge in [0.2, 0.25) is 0 Å². The van der Waals surface area contributed by atoms with Crippen LogP contribution in [0.1, 0.15) is 52.4 Å². The lowest BCUT2D eigenvalue weighted by Gasteiger charge is -2.09. The van der Waals surface area contributed by atoms with Crippen LogP contribution in [-0.4, -0.2) is 34.9 Å². The maximum Gasteiger partial charge on any atom is 0.310 e. The fourth-order valence-electron chi connectivity index (χ4n) is 1.64. The number of carboxylic acid groups (broad SMARTS) is 1. The quantitative estimate of drug-likeness (QED) is 0.346. The number of carbonyl (C=O) groups excluding carboxylic acids is 1. The van der Waals surface area contributed by atoms with Crippen LogP contribution in [0.4, 0.5) is 0 Å². The number of ether oxygens (including phenoxy) is 1. The van der Waals surface area contributed by atoms with Crippen LogP contribution in [0.3, 0.4) is 0 Å². The second-order valence-corrected chi connectivity index (χ2v) is 4.96. The topological polar surface area (TPSA) is 83.8 Å². The predicted molar refractivity (Wildman–Crippen MR) is 76.3 cm³/mol. The van der Waals surface area contributed by atoms with Gasteiger partial charge in [0.25, 0.3) is 0 Å². The molecule has 0 radical (unpaired) electrons. The molecule has 0 aromatic rings. The predicted octanol–water partition coefficient (Wildman–Crippen LogP) is 2.53. The first-order chi connectivity index (χ1) is 9.47.